The maximum Gasteiger partial charge on any atom is 0.158 e. The number of benzene rings is 1. The normalized spacial score (nSPS) is 30.3. The minimum atomic E-state index is -0.575. The summed E-state index contributed by atoms with van der Waals surface area (Å²) >= 11 is 3.37. The Morgan fingerprint density at radius 1 is 1.28 bits per heavy atom. The molecule has 0 aromatic heterocycles. The van der Waals surface area contributed by atoms with Gasteiger partial charge < -0.3 is 0 Å². The number of hydrogen-bond acceptors (Lipinski definition) is 2. The zero-order valence-corrected chi connectivity index (χ0v) is 11.6. The van der Waals surface area contributed by atoms with Crippen molar-refractivity contribution in [2.75, 3.05) is 0 Å². The van der Waals surface area contributed by atoms with Gasteiger partial charge in [-0.1, -0.05) is 34.5 Å². The Morgan fingerprint density at radius 3 is 2.44 bits per heavy atom. The lowest BCUT2D eigenvalue weighted by Gasteiger charge is -2.10. The van der Waals surface area contributed by atoms with E-state index in [2.05, 4.69) is 22.0 Å². The summed E-state index contributed by atoms with van der Waals surface area (Å²) in [7, 11) is 0. The number of hydrogen-bond donors (Lipinski definition) is 0. The van der Waals surface area contributed by atoms with E-state index in [4.69, 9.17) is 0 Å². The first kappa shape index (κ1) is 11.9. The average molecular weight is 304 g/mol. The van der Waals surface area contributed by atoms with Gasteiger partial charge in [0.05, 0.1) is 6.07 Å². The highest BCUT2D eigenvalue weighted by Crippen LogP contribution is 2.59. The second-order valence-electron chi connectivity index (χ2n) is 5.30. The first-order chi connectivity index (χ1) is 8.72. The molecular weight excluding hydrogens is 290 g/mol. The van der Waals surface area contributed by atoms with Crippen LogP contribution in [0.3, 0.4) is 0 Å². The van der Waals surface area contributed by atoms with E-state index in [1.165, 1.54) is 19.3 Å². The van der Waals surface area contributed by atoms with Crippen LogP contribution in [-0.4, -0.2) is 5.78 Å². The molecule has 0 amide bonds. The molecule has 3 heteroatoms. The van der Waals surface area contributed by atoms with Crippen LogP contribution in [0.15, 0.2) is 28.7 Å². The van der Waals surface area contributed by atoms with Crippen LogP contribution in [0.2, 0.25) is 0 Å². The van der Waals surface area contributed by atoms with Crippen LogP contribution in [0.1, 0.15) is 30.7 Å². The number of halogens is 1. The Kier molecular flexibility index (Phi) is 2.99. The van der Waals surface area contributed by atoms with Crippen molar-refractivity contribution in [3.8, 4) is 6.07 Å². The second-order valence-corrected chi connectivity index (χ2v) is 6.22. The first-order valence-electron chi connectivity index (χ1n) is 6.41. The van der Waals surface area contributed by atoms with Crippen LogP contribution < -0.4 is 0 Å². The van der Waals surface area contributed by atoms with Crippen LogP contribution in [0, 0.1) is 29.1 Å². The van der Waals surface area contributed by atoms with Crippen LogP contribution in [0.4, 0.5) is 0 Å². The summed E-state index contributed by atoms with van der Waals surface area (Å²) in [6, 6.07) is 9.70. The van der Waals surface area contributed by atoms with Crippen molar-refractivity contribution in [3.05, 3.63) is 34.3 Å². The number of carbonyl (C=O) groups excluding carboxylic acids is 1. The van der Waals surface area contributed by atoms with Crippen molar-refractivity contribution in [1.29, 1.82) is 5.26 Å². The molecule has 2 fully saturated rings. The SMILES string of the molecule is N#CC(C(=O)C1C2CCCC21)c1ccc(Br)cc1. The van der Waals surface area contributed by atoms with Gasteiger partial charge in [-0.3, -0.25) is 4.79 Å². The van der Waals surface area contributed by atoms with E-state index in [0.29, 0.717) is 11.8 Å². The van der Waals surface area contributed by atoms with Gasteiger partial charge in [0, 0.05) is 10.4 Å². The van der Waals surface area contributed by atoms with E-state index in [0.717, 1.165) is 10.0 Å². The van der Waals surface area contributed by atoms with Gasteiger partial charge in [-0.25, -0.2) is 0 Å². The minimum absolute atomic E-state index is 0.148. The molecule has 0 saturated heterocycles. The molecule has 18 heavy (non-hydrogen) atoms. The summed E-state index contributed by atoms with van der Waals surface area (Å²) in [5, 5.41) is 9.28. The highest BCUT2D eigenvalue weighted by molar-refractivity contribution is 9.10. The summed E-state index contributed by atoms with van der Waals surface area (Å²) in [4.78, 5) is 12.4. The molecule has 0 heterocycles. The Balaban J connectivity index is 1.79. The van der Waals surface area contributed by atoms with Crippen molar-refractivity contribution < 1.29 is 4.79 Å². The molecule has 0 radical (unpaired) electrons. The van der Waals surface area contributed by atoms with Crippen molar-refractivity contribution in [1.82, 2.24) is 0 Å². The molecule has 1 aromatic carbocycles. The third-order valence-electron chi connectivity index (χ3n) is 4.35. The highest BCUT2D eigenvalue weighted by atomic mass is 79.9. The third kappa shape index (κ3) is 1.89. The maximum atomic E-state index is 12.4. The summed E-state index contributed by atoms with van der Waals surface area (Å²) in [6.07, 6.45) is 3.62. The molecule has 0 bridgehead atoms. The predicted octanol–water partition coefficient (Wildman–Crippen LogP) is 3.67. The number of carbonyl (C=O) groups is 1. The Labute approximate surface area is 115 Å². The van der Waals surface area contributed by atoms with Crippen molar-refractivity contribution >= 4 is 21.7 Å². The Morgan fingerprint density at radius 2 is 1.89 bits per heavy atom. The van der Waals surface area contributed by atoms with Gasteiger partial charge in [-0.2, -0.15) is 5.26 Å². The van der Waals surface area contributed by atoms with Crippen LogP contribution in [0.25, 0.3) is 0 Å². The molecule has 3 atom stereocenters. The quantitative estimate of drug-likeness (QED) is 0.855. The minimum Gasteiger partial charge on any atom is -0.298 e. The molecule has 1 aromatic rings. The van der Waals surface area contributed by atoms with Crippen molar-refractivity contribution in [3.63, 3.8) is 0 Å². The first-order valence-corrected chi connectivity index (χ1v) is 7.20. The van der Waals surface area contributed by atoms with E-state index in [-0.39, 0.29) is 11.7 Å². The van der Waals surface area contributed by atoms with E-state index in [9.17, 15) is 10.1 Å². The number of nitriles is 1. The molecule has 2 aliphatic rings. The van der Waals surface area contributed by atoms with Crippen molar-refractivity contribution in [2.45, 2.75) is 25.2 Å². The Hall–Kier alpha value is -1.14. The average Bonchev–Trinajstić information content (AvgIpc) is 2.86. The van der Waals surface area contributed by atoms with Crippen molar-refractivity contribution in [2.24, 2.45) is 17.8 Å². The fraction of sp³-hybridized carbons (Fsp3) is 0.467. The van der Waals surface area contributed by atoms with E-state index >= 15 is 0 Å². The molecule has 0 N–H and O–H groups in total. The predicted molar refractivity (Wildman–Crippen MR) is 71.8 cm³/mol. The fourth-order valence-corrected chi connectivity index (χ4v) is 3.66. The molecule has 2 aliphatic carbocycles. The molecule has 92 valence electrons. The number of rotatable bonds is 3. The van der Waals surface area contributed by atoms with E-state index in [1.54, 1.807) is 0 Å². The zero-order valence-electron chi connectivity index (χ0n) is 9.97. The van der Waals surface area contributed by atoms with Crippen LogP contribution >= 0.6 is 15.9 Å². The summed E-state index contributed by atoms with van der Waals surface area (Å²) in [5.41, 5.74) is 0.829. The number of fused-ring (bicyclic) bond motifs is 1. The van der Waals surface area contributed by atoms with Crippen LogP contribution in [-0.2, 0) is 4.79 Å². The molecule has 3 unspecified atom stereocenters. The number of Topliss-reactive ketones (excluding diaryl/α,β-unsaturated/α-hetero) is 1. The zero-order chi connectivity index (χ0) is 12.7. The summed E-state index contributed by atoms with van der Waals surface area (Å²) < 4.78 is 0.971. The van der Waals surface area contributed by atoms with E-state index < -0.39 is 5.92 Å². The van der Waals surface area contributed by atoms with Gasteiger partial charge in [0.15, 0.2) is 5.78 Å². The van der Waals surface area contributed by atoms with E-state index in [1.807, 2.05) is 24.3 Å². The topological polar surface area (TPSA) is 40.9 Å². The maximum absolute atomic E-state index is 12.4. The lowest BCUT2D eigenvalue weighted by atomic mass is 9.91. The lowest BCUT2D eigenvalue weighted by Crippen LogP contribution is -2.15. The number of ketones is 1. The lowest BCUT2D eigenvalue weighted by molar-refractivity contribution is -0.121. The fourth-order valence-electron chi connectivity index (χ4n) is 3.39. The molecule has 0 aliphatic heterocycles. The standard InChI is InChI=1S/C15H14BrNO/c16-10-6-4-9(5-7-10)13(8-17)15(18)14-11-2-1-3-12(11)14/h4-7,11-14H,1-3H2. The van der Waals surface area contributed by atoms with Gasteiger partial charge >= 0.3 is 0 Å². The van der Waals surface area contributed by atoms with Gasteiger partial charge in [0.2, 0.25) is 0 Å². The highest BCUT2D eigenvalue weighted by Gasteiger charge is 2.57. The van der Waals surface area contributed by atoms with Gasteiger partial charge in [0.25, 0.3) is 0 Å². The third-order valence-corrected chi connectivity index (χ3v) is 4.88. The van der Waals surface area contributed by atoms with Gasteiger partial charge in [-0.05, 0) is 42.4 Å². The molecule has 2 saturated carbocycles. The smallest absolute Gasteiger partial charge is 0.158 e. The molecule has 3 rings (SSSR count). The van der Waals surface area contributed by atoms with Crippen LogP contribution in [0.5, 0.6) is 0 Å². The monoisotopic (exact) mass is 303 g/mol. The van der Waals surface area contributed by atoms with Gasteiger partial charge in [-0.15, -0.1) is 0 Å². The largest absolute Gasteiger partial charge is 0.298 e. The second kappa shape index (κ2) is 4.51. The van der Waals surface area contributed by atoms with Gasteiger partial charge in [0.1, 0.15) is 5.92 Å². The Bertz CT molecular complexity index is 506. The summed E-state index contributed by atoms with van der Waals surface area (Å²) in [6.45, 7) is 0. The molecule has 0 spiro atoms. The molecular formula is C15H14BrNO. The summed E-state index contributed by atoms with van der Waals surface area (Å²) in [5.74, 6) is 0.919. The number of nitrogens with zero attached hydrogens (tertiary/aromatic N) is 1. The molecule has 2 nitrogen and oxygen atoms in total.